The van der Waals surface area contributed by atoms with Gasteiger partial charge in [0.25, 0.3) is 0 Å². The van der Waals surface area contributed by atoms with E-state index in [0.717, 1.165) is 18.4 Å². The van der Waals surface area contributed by atoms with Crippen LogP contribution in [0.3, 0.4) is 0 Å². The van der Waals surface area contributed by atoms with Crippen LogP contribution in [-0.4, -0.2) is 24.0 Å². The van der Waals surface area contributed by atoms with Gasteiger partial charge in [-0.05, 0) is 36.5 Å². The fourth-order valence-corrected chi connectivity index (χ4v) is 1.86. The average Bonchev–Trinajstić information content (AvgIpc) is 2.22. The average molecular weight is 246 g/mol. The van der Waals surface area contributed by atoms with Crippen molar-refractivity contribution in [2.45, 2.75) is 31.0 Å². The van der Waals surface area contributed by atoms with E-state index in [-0.39, 0.29) is 11.9 Å². The summed E-state index contributed by atoms with van der Waals surface area (Å²) in [4.78, 5) is 0. The summed E-state index contributed by atoms with van der Waals surface area (Å²) in [5.41, 5.74) is 1.04. The van der Waals surface area contributed by atoms with Crippen LogP contribution in [0, 0.1) is 0 Å². The molecule has 2 rings (SSSR count). The van der Waals surface area contributed by atoms with Crippen LogP contribution in [0.4, 0.5) is 13.2 Å². The van der Waals surface area contributed by atoms with Crippen LogP contribution in [0.1, 0.15) is 24.3 Å². The highest BCUT2D eigenvalue weighted by molar-refractivity contribution is 5.30. The molecule has 0 aromatic heterocycles. The number of benzene rings is 1. The zero-order valence-electron chi connectivity index (χ0n) is 9.07. The molecule has 1 N–H and O–H groups in total. The summed E-state index contributed by atoms with van der Waals surface area (Å²) in [7, 11) is 0. The molecule has 1 saturated carbocycles. The topological polar surface area (TPSA) is 29.5 Å². The first-order valence-electron chi connectivity index (χ1n) is 5.41. The zero-order valence-corrected chi connectivity index (χ0v) is 9.07. The van der Waals surface area contributed by atoms with Gasteiger partial charge in [-0.15, -0.1) is 0 Å². The van der Waals surface area contributed by atoms with Crippen molar-refractivity contribution in [3.8, 4) is 5.75 Å². The Morgan fingerprint density at radius 2 is 1.76 bits per heavy atom. The lowest BCUT2D eigenvalue weighted by Crippen LogP contribution is -2.26. The van der Waals surface area contributed by atoms with Crippen molar-refractivity contribution >= 4 is 0 Å². The fraction of sp³-hybridized carbons (Fsp3) is 0.500. The molecule has 17 heavy (non-hydrogen) atoms. The Balaban J connectivity index is 1.89. The first-order chi connectivity index (χ1) is 7.94. The molecule has 0 unspecified atom stereocenters. The molecule has 0 radical (unpaired) electrons. The Bertz CT molecular complexity index is 366. The molecule has 1 fully saturated rings. The SMILES string of the molecule is OC1CC(c2ccc(OCC(F)(F)F)cc2)C1. The van der Waals surface area contributed by atoms with E-state index in [9.17, 15) is 13.2 Å². The van der Waals surface area contributed by atoms with E-state index in [0.29, 0.717) is 5.92 Å². The Morgan fingerprint density at radius 3 is 2.24 bits per heavy atom. The number of halogens is 3. The summed E-state index contributed by atoms with van der Waals surface area (Å²) in [6.07, 6.45) is -3.09. The number of alkyl halides is 3. The highest BCUT2D eigenvalue weighted by Crippen LogP contribution is 2.37. The molecule has 1 aromatic carbocycles. The van der Waals surface area contributed by atoms with E-state index in [1.165, 1.54) is 12.1 Å². The van der Waals surface area contributed by atoms with Crippen molar-refractivity contribution in [3.05, 3.63) is 29.8 Å². The molecule has 0 atom stereocenters. The van der Waals surface area contributed by atoms with Gasteiger partial charge < -0.3 is 9.84 Å². The monoisotopic (exact) mass is 246 g/mol. The van der Waals surface area contributed by atoms with E-state index >= 15 is 0 Å². The van der Waals surface area contributed by atoms with Crippen LogP contribution in [-0.2, 0) is 0 Å². The molecule has 0 aliphatic heterocycles. The molecular formula is C12H13F3O2. The van der Waals surface area contributed by atoms with E-state index in [4.69, 9.17) is 5.11 Å². The van der Waals surface area contributed by atoms with Crippen molar-refractivity contribution in [1.29, 1.82) is 0 Å². The van der Waals surface area contributed by atoms with Crippen molar-refractivity contribution in [2.75, 3.05) is 6.61 Å². The molecule has 0 spiro atoms. The van der Waals surface area contributed by atoms with E-state index in [1.54, 1.807) is 12.1 Å². The van der Waals surface area contributed by atoms with E-state index in [1.807, 2.05) is 0 Å². The first-order valence-corrected chi connectivity index (χ1v) is 5.41. The summed E-state index contributed by atoms with van der Waals surface area (Å²) < 4.78 is 40.3. The van der Waals surface area contributed by atoms with Gasteiger partial charge in [-0.25, -0.2) is 0 Å². The van der Waals surface area contributed by atoms with Crippen LogP contribution < -0.4 is 4.74 Å². The molecular weight excluding hydrogens is 233 g/mol. The second-order valence-electron chi connectivity index (χ2n) is 4.30. The second kappa shape index (κ2) is 4.56. The number of aliphatic hydroxyl groups is 1. The van der Waals surface area contributed by atoms with Gasteiger partial charge in [0.05, 0.1) is 6.10 Å². The van der Waals surface area contributed by atoms with Crippen molar-refractivity contribution < 1.29 is 23.0 Å². The van der Waals surface area contributed by atoms with Crippen LogP contribution in [0.25, 0.3) is 0 Å². The normalized spacial score (nSPS) is 24.2. The maximum Gasteiger partial charge on any atom is 0.422 e. The minimum Gasteiger partial charge on any atom is -0.484 e. The van der Waals surface area contributed by atoms with Crippen molar-refractivity contribution in [1.82, 2.24) is 0 Å². The van der Waals surface area contributed by atoms with Crippen LogP contribution in [0.5, 0.6) is 5.75 Å². The molecule has 1 aromatic rings. The summed E-state index contributed by atoms with van der Waals surface area (Å²) in [6.45, 7) is -1.27. The quantitative estimate of drug-likeness (QED) is 0.888. The highest BCUT2D eigenvalue weighted by Gasteiger charge is 2.29. The smallest absolute Gasteiger partial charge is 0.422 e. The molecule has 5 heteroatoms. The molecule has 0 heterocycles. The van der Waals surface area contributed by atoms with E-state index < -0.39 is 12.8 Å². The van der Waals surface area contributed by atoms with Gasteiger partial charge in [-0.1, -0.05) is 12.1 Å². The first kappa shape index (κ1) is 12.2. The molecule has 0 saturated heterocycles. The summed E-state index contributed by atoms with van der Waals surface area (Å²) >= 11 is 0. The Hall–Kier alpha value is -1.23. The molecule has 1 aliphatic rings. The molecule has 0 bridgehead atoms. The lowest BCUT2D eigenvalue weighted by atomic mass is 9.78. The Kier molecular flexibility index (Phi) is 3.28. The molecule has 1 aliphatic carbocycles. The molecule has 94 valence electrons. The van der Waals surface area contributed by atoms with Gasteiger partial charge in [0, 0.05) is 0 Å². The summed E-state index contributed by atoms with van der Waals surface area (Å²) in [6, 6.07) is 6.57. The van der Waals surface area contributed by atoms with Crippen molar-refractivity contribution in [3.63, 3.8) is 0 Å². The Labute approximate surface area is 97.0 Å². The zero-order chi connectivity index (χ0) is 12.5. The third kappa shape index (κ3) is 3.36. The number of ether oxygens (including phenoxy) is 1. The maximum absolute atomic E-state index is 11.9. The summed E-state index contributed by atoms with van der Waals surface area (Å²) in [5.74, 6) is 0.535. The fourth-order valence-electron chi connectivity index (χ4n) is 1.86. The lowest BCUT2D eigenvalue weighted by Gasteiger charge is -2.31. The Morgan fingerprint density at radius 1 is 1.18 bits per heavy atom. The van der Waals surface area contributed by atoms with Gasteiger partial charge in [0.15, 0.2) is 6.61 Å². The van der Waals surface area contributed by atoms with Gasteiger partial charge in [-0.2, -0.15) is 13.2 Å². The van der Waals surface area contributed by atoms with Crippen LogP contribution >= 0.6 is 0 Å². The van der Waals surface area contributed by atoms with Gasteiger partial charge in [0.1, 0.15) is 5.75 Å². The van der Waals surface area contributed by atoms with Crippen LogP contribution in [0.2, 0.25) is 0 Å². The highest BCUT2D eigenvalue weighted by atomic mass is 19.4. The minimum absolute atomic E-state index is 0.214. The maximum atomic E-state index is 11.9. The number of rotatable bonds is 3. The van der Waals surface area contributed by atoms with Gasteiger partial charge >= 0.3 is 6.18 Å². The predicted molar refractivity (Wildman–Crippen MR) is 56.0 cm³/mol. The van der Waals surface area contributed by atoms with Gasteiger partial charge in [-0.3, -0.25) is 0 Å². The van der Waals surface area contributed by atoms with Crippen molar-refractivity contribution in [2.24, 2.45) is 0 Å². The van der Waals surface area contributed by atoms with Gasteiger partial charge in [0.2, 0.25) is 0 Å². The predicted octanol–water partition coefficient (Wildman–Crippen LogP) is 2.87. The third-order valence-corrected chi connectivity index (χ3v) is 2.87. The number of aliphatic hydroxyl groups excluding tert-OH is 1. The lowest BCUT2D eigenvalue weighted by molar-refractivity contribution is -0.153. The second-order valence-corrected chi connectivity index (χ2v) is 4.30. The molecule has 2 nitrogen and oxygen atoms in total. The standard InChI is InChI=1S/C12H13F3O2/c13-12(14,15)7-17-11-3-1-8(2-4-11)9-5-10(16)6-9/h1-4,9-10,16H,5-7H2. The largest absolute Gasteiger partial charge is 0.484 e. The third-order valence-electron chi connectivity index (χ3n) is 2.87. The minimum atomic E-state index is -4.31. The van der Waals surface area contributed by atoms with E-state index in [2.05, 4.69) is 4.74 Å². The summed E-state index contributed by atoms with van der Waals surface area (Å²) in [5, 5.41) is 9.16. The van der Waals surface area contributed by atoms with Crippen LogP contribution in [0.15, 0.2) is 24.3 Å². The number of hydrogen-bond donors (Lipinski definition) is 1. The molecule has 0 amide bonds. The number of hydrogen-bond acceptors (Lipinski definition) is 2.